The van der Waals surface area contributed by atoms with Crippen molar-refractivity contribution in [1.82, 2.24) is 29.4 Å². The molecule has 6 heteroatoms. The average molecular weight is 318 g/mol. The molecule has 0 bridgehead atoms. The van der Waals surface area contributed by atoms with Crippen LogP contribution in [0.1, 0.15) is 25.5 Å². The van der Waals surface area contributed by atoms with Gasteiger partial charge in [-0.2, -0.15) is 0 Å². The molecule has 4 aromatic rings. The van der Waals surface area contributed by atoms with E-state index in [2.05, 4.69) is 27.2 Å². The number of nitrogens with zero attached hydrogens (tertiary/aromatic N) is 6. The number of aromatic nitrogens is 6. The summed E-state index contributed by atoms with van der Waals surface area (Å²) in [4.78, 5) is 8.79. The zero-order valence-corrected chi connectivity index (χ0v) is 13.5. The lowest BCUT2D eigenvalue weighted by atomic mass is 10.1. The number of aryl methyl sites for hydroxylation is 1. The van der Waals surface area contributed by atoms with Gasteiger partial charge in [0.2, 0.25) is 5.78 Å². The van der Waals surface area contributed by atoms with Gasteiger partial charge in [-0.15, -0.1) is 5.10 Å². The molecule has 0 radical (unpaired) electrons. The van der Waals surface area contributed by atoms with Gasteiger partial charge in [0.15, 0.2) is 0 Å². The number of benzene rings is 1. The summed E-state index contributed by atoms with van der Waals surface area (Å²) >= 11 is 0. The lowest BCUT2D eigenvalue weighted by molar-refractivity contribution is 0.761. The summed E-state index contributed by atoms with van der Waals surface area (Å²) in [6.07, 6.45) is 10.9. The summed E-state index contributed by atoms with van der Waals surface area (Å²) in [6.45, 7) is 2.18. The van der Waals surface area contributed by atoms with Gasteiger partial charge in [0.1, 0.15) is 0 Å². The van der Waals surface area contributed by atoms with E-state index in [4.69, 9.17) is 0 Å². The van der Waals surface area contributed by atoms with Gasteiger partial charge in [0, 0.05) is 24.2 Å². The van der Waals surface area contributed by atoms with Crippen LogP contribution in [0.5, 0.6) is 0 Å². The molecule has 0 atom stereocenters. The maximum atomic E-state index is 4.54. The first kappa shape index (κ1) is 14.6. The van der Waals surface area contributed by atoms with Gasteiger partial charge in [-0.05, 0) is 31.0 Å². The molecule has 3 aromatic heterocycles. The van der Waals surface area contributed by atoms with Crippen LogP contribution < -0.4 is 0 Å². The molecule has 0 saturated carbocycles. The number of unbranched alkanes of at least 4 members (excludes halogenated alkanes) is 1. The lowest BCUT2D eigenvalue weighted by Gasteiger charge is -2.01. The molecule has 0 amide bonds. The van der Waals surface area contributed by atoms with Gasteiger partial charge in [-0.1, -0.05) is 30.7 Å². The largest absolute Gasteiger partial charge is 0.291 e. The first-order valence-electron chi connectivity index (χ1n) is 8.15. The molecule has 3 heterocycles. The van der Waals surface area contributed by atoms with E-state index in [-0.39, 0.29) is 0 Å². The van der Waals surface area contributed by atoms with Crippen LogP contribution in [0.3, 0.4) is 0 Å². The smallest absolute Gasteiger partial charge is 0.234 e. The van der Waals surface area contributed by atoms with Crippen LogP contribution in [0.25, 0.3) is 22.7 Å². The van der Waals surface area contributed by atoms with E-state index in [1.807, 2.05) is 58.0 Å². The third-order valence-corrected chi connectivity index (χ3v) is 3.99. The van der Waals surface area contributed by atoms with Crippen molar-refractivity contribution in [1.29, 1.82) is 0 Å². The normalized spacial score (nSPS) is 11.2. The van der Waals surface area contributed by atoms with Crippen molar-refractivity contribution in [3.05, 3.63) is 60.8 Å². The van der Waals surface area contributed by atoms with Crippen LogP contribution >= 0.6 is 0 Å². The van der Waals surface area contributed by atoms with Gasteiger partial charge in [-0.3, -0.25) is 4.40 Å². The Bertz CT molecular complexity index is 918. The summed E-state index contributed by atoms with van der Waals surface area (Å²) < 4.78 is 3.74. The van der Waals surface area contributed by atoms with Gasteiger partial charge in [-0.25, -0.2) is 14.6 Å². The highest BCUT2D eigenvalue weighted by Gasteiger charge is 2.06. The second kappa shape index (κ2) is 6.23. The van der Waals surface area contributed by atoms with Crippen LogP contribution in [-0.4, -0.2) is 29.4 Å². The maximum absolute atomic E-state index is 4.54. The number of fused-ring (bicyclic) bond motifs is 1. The third kappa shape index (κ3) is 2.78. The maximum Gasteiger partial charge on any atom is 0.234 e. The quantitative estimate of drug-likeness (QED) is 0.566. The molecule has 0 saturated heterocycles. The fourth-order valence-corrected chi connectivity index (χ4v) is 2.65. The van der Waals surface area contributed by atoms with Gasteiger partial charge >= 0.3 is 0 Å². The van der Waals surface area contributed by atoms with Crippen LogP contribution in [0.15, 0.2) is 55.1 Å². The monoisotopic (exact) mass is 318 g/mol. The molecule has 0 aliphatic carbocycles. The molecule has 0 spiro atoms. The molecular weight excluding hydrogens is 300 g/mol. The molecule has 24 heavy (non-hydrogen) atoms. The Morgan fingerprint density at radius 3 is 2.75 bits per heavy atom. The van der Waals surface area contributed by atoms with E-state index < -0.39 is 0 Å². The molecule has 0 fully saturated rings. The molecule has 1 aromatic carbocycles. The van der Waals surface area contributed by atoms with E-state index in [0.29, 0.717) is 5.78 Å². The molecule has 6 nitrogen and oxygen atoms in total. The van der Waals surface area contributed by atoms with Crippen molar-refractivity contribution in [2.45, 2.75) is 26.2 Å². The summed E-state index contributed by atoms with van der Waals surface area (Å²) in [5.41, 5.74) is 3.99. The van der Waals surface area contributed by atoms with Crippen molar-refractivity contribution in [3.8, 4) is 16.9 Å². The highest BCUT2D eigenvalue weighted by Crippen LogP contribution is 2.20. The van der Waals surface area contributed by atoms with Crippen LogP contribution in [0.2, 0.25) is 0 Å². The second-order valence-corrected chi connectivity index (χ2v) is 5.76. The number of hydrogen-bond donors (Lipinski definition) is 0. The van der Waals surface area contributed by atoms with Gasteiger partial charge < -0.3 is 0 Å². The Labute approximate surface area is 139 Å². The number of rotatable bonds is 5. The number of imidazole rings is 1. The van der Waals surface area contributed by atoms with E-state index in [0.717, 1.165) is 41.9 Å². The first-order valence-corrected chi connectivity index (χ1v) is 8.15. The SMILES string of the molecule is CCCCc1cn(-c2ccc(-c3cn4cccnc4n3)cc2)nn1. The van der Waals surface area contributed by atoms with E-state index in [1.54, 1.807) is 6.20 Å². The molecule has 0 N–H and O–H groups in total. The Morgan fingerprint density at radius 1 is 1.08 bits per heavy atom. The fourth-order valence-electron chi connectivity index (χ4n) is 2.65. The Morgan fingerprint density at radius 2 is 1.96 bits per heavy atom. The van der Waals surface area contributed by atoms with Crippen LogP contribution in [-0.2, 0) is 6.42 Å². The Hall–Kier alpha value is -3.02. The zero-order valence-electron chi connectivity index (χ0n) is 13.5. The Balaban J connectivity index is 1.59. The lowest BCUT2D eigenvalue weighted by Crippen LogP contribution is -1.94. The zero-order chi connectivity index (χ0) is 16.4. The minimum atomic E-state index is 0.702. The topological polar surface area (TPSA) is 60.9 Å². The van der Waals surface area contributed by atoms with Crippen LogP contribution in [0.4, 0.5) is 0 Å². The summed E-state index contributed by atoms with van der Waals surface area (Å²) in [5.74, 6) is 0.702. The van der Waals surface area contributed by atoms with Gasteiger partial charge in [0.25, 0.3) is 0 Å². The predicted octanol–water partition coefficient (Wildman–Crippen LogP) is 3.32. The van der Waals surface area contributed by atoms with Crippen molar-refractivity contribution in [3.63, 3.8) is 0 Å². The minimum absolute atomic E-state index is 0.702. The highest BCUT2D eigenvalue weighted by atomic mass is 15.4. The highest BCUT2D eigenvalue weighted by molar-refractivity contribution is 5.62. The minimum Gasteiger partial charge on any atom is -0.291 e. The van der Waals surface area contributed by atoms with Crippen molar-refractivity contribution in [2.24, 2.45) is 0 Å². The van der Waals surface area contributed by atoms with Crippen LogP contribution in [0, 0.1) is 0 Å². The van der Waals surface area contributed by atoms with Gasteiger partial charge in [0.05, 0.1) is 23.3 Å². The second-order valence-electron chi connectivity index (χ2n) is 5.76. The van der Waals surface area contributed by atoms with Crippen molar-refractivity contribution in [2.75, 3.05) is 0 Å². The number of hydrogen-bond acceptors (Lipinski definition) is 4. The molecule has 0 aliphatic heterocycles. The molecular formula is C18H18N6. The molecule has 4 rings (SSSR count). The first-order chi connectivity index (χ1) is 11.8. The van der Waals surface area contributed by atoms with Crippen molar-refractivity contribution >= 4 is 5.78 Å². The van der Waals surface area contributed by atoms with Crippen molar-refractivity contribution < 1.29 is 0 Å². The molecule has 0 aliphatic rings. The average Bonchev–Trinajstić information content (AvgIpc) is 3.27. The third-order valence-electron chi connectivity index (χ3n) is 3.99. The molecule has 120 valence electrons. The summed E-state index contributed by atoms with van der Waals surface area (Å²) in [7, 11) is 0. The summed E-state index contributed by atoms with van der Waals surface area (Å²) in [6, 6.07) is 10.0. The van der Waals surface area contributed by atoms with E-state index in [1.165, 1.54) is 0 Å². The fraction of sp³-hybridized carbons (Fsp3) is 0.222. The molecule has 0 unspecified atom stereocenters. The van der Waals surface area contributed by atoms with E-state index in [9.17, 15) is 0 Å². The van der Waals surface area contributed by atoms with E-state index >= 15 is 0 Å². The Kier molecular flexibility index (Phi) is 3.78. The standard InChI is InChI=1S/C18H18N6/c1-2-3-5-15-12-24(22-21-15)16-8-6-14(7-9-16)17-13-23-11-4-10-19-18(23)20-17/h4,6-13H,2-3,5H2,1H3. The summed E-state index contributed by atoms with van der Waals surface area (Å²) in [5, 5.41) is 8.44. The predicted molar refractivity (Wildman–Crippen MR) is 92.0 cm³/mol.